The first kappa shape index (κ1) is 14.4. The molecule has 0 aromatic carbocycles. The molecule has 1 amide bonds. The van der Waals surface area contributed by atoms with Crippen molar-refractivity contribution in [2.24, 2.45) is 0 Å². The summed E-state index contributed by atoms with van der Waals surface area (Å²) >= 11 is 0. The fourth-order valence-corrected chi connectivity index (χ4v) is 2.52. The molecular formula is C16H19N5O. The van der Waals surface area contributed by atoms with Gasteiger partial charge in [0.2, 0.25) is 5.91 Å². The van der Waals surface area contributed by atoms with Crippen LogP contribution in [0.4, 0.5) is 5.82 Å². The zero-order valence-electron chi connectivity index (χ0n) is 12.8. The zero-order valence-corrected chi connectivity index (χ0v) is 12.8. The summed E-state index contributed by atoms with van der Waals surface area (Å²) in [4.78, 5) is 27.1. The topological polar surface area (TPSA) is 71.0 Å². The average molecular weight is 297 g/mol. The Morgan fingerprint density at radius 3 is 2.86 bits per heavy atom. The summed E-state index contributed by atoms with van der Waals surface area (Å²) < 4.78 is 0. The number of carbonyl (C=O) groups excluding carboxylic acids is 1. The minimum atomic E-state index is 0.0958. The van der Waals surface area contributed by atoms with E-state index in [1.54, 1.807) is 12.4 Å². The summed E-state index contributed by atoms with van der Waals surface area (Å²) in [5.41, 5.74) is 2.91. The molecule has 6 heteroatoms. The van der Waals surface area contributed by atoms with Gasteiger partial charge in [-0.1, -0.05) is 0 Å². The van der Waals surface area contributed by atoms with Crippen LogP contribution in [0.2, 0.25) is 0 Å². The van der Waals surface area contributed by atoms with Crippen LogP contribution in [0.5, 0.6) is 0 Å². The van der Waals surface area contributed by atoms with Crippen molar-refractivity contribution in [2.45, 2.75) is 20.3 Å². The summed E-state index contributed by atoms with van der Waals surface area (Å²) in [5.74, 6) is 1.68. The molecule has 114 valence electrons. The third-order valence-electron chi connectivity index (χ3n) is 3.90. The van der Waals surface area contributed by atoms with Crippen molar-refractivity contribution in [3.05, 3.63) is 35.8 Å². The number of rotatable bonds is 2. The monoisotopic (exact) mass is 297 g/mol. The molecule has 2 aromatic rings. The Labute approximate surface area is 129 Å². The van der Waals surface area contributed by atoms with Gasteiger partial charge in [-0.2, -0.15) is 0 Å². The van der Waals surface area contributed by atoms with E-state index in [2.05, 4.69) is 20.2 Å². The van der Waals surface area contributed by atoms with E-state index in [9.17, 15) is 4.79 Å². The first-order valence-corrected chi connectivity index (χ1v) is 7.42. The van der Waals surface area contributed by atoms with Gasteiger partial charge in [-0.25, -0.2) is 9.97 Å². The van der Waals surface area contributed by atoms with Gasteiger partial charge >= 0.3 is 0 Å². The molecule has 3 rings (SSSR count). The maximum atomic E-state index is 11.5. The van der Waals surface area contributed by atoms with Crippen LogP contribution in [0.25, 0.3) is 11.4 Å². The third-order valence-corrected chi connectivity index (χ3v) is 3.90. The average Bonchev–Trinajstić information content (AvgIpc) is 2.75. The van der Waals surface area contributed by atoms with Crippen LogP contribution in [0.3, 0.4) is 0 Å². The Kier molecular flexibility index (Phi) is 4.00. The molecule has 1 aliphatic heterocycles. The van der Waals surface area contributed by atoms with Crippen LogP contribution in [0, 0.1) is 13.8 Å². The number of hydrogen-bond acceptors (Lipinski definition) is 5. The molecule has 0 unspecified atom stereocenters. The fraction of sp³-hybridized carbons (Fsp3) is 0.375. The quantitative estimate of drug-likeness (QED) is 0.909. The Bertz CT molecular complexity index is 686. The predicted octanol–water partition coefficient (Wildman–Crippen LogP) is 1.48. The second-order valence-electron chi connectivity index (χ2n) is 5.41. The summed E-state index contributed by atoms with van der Waals surface area (Å²) in [6.07, 6.45) is 3.99. The van der Waals surface area contributed by atoms with Gasteiger partial charge in [0, 0.05) is 55.3 Å². The van der Waals surface area contributed by atoms with Crippen LogP contribution >= 0.6 is 0 Å². The smallest absolute Gasteiger partial charge is 0.221 e. The summed E-state index contributed by atoms with van der Waals surface area (Å²) in [5, 5.41) is 2.89. The number of carbonyl (C=O) groups is 1. The van der Waals surface area contributed by atoms with Crippen molar-refractivity contribution in [2.75, 3.05) is 24.5 Å². The molecule has 0 radical (unpaired) electrons. The number of hydrogen-bond donors (Lipinski definition) is 1. The highest BCUT2D eigenvalue weighted by Gasteiger charge is 2.19. The van der Waals surface area contributed by atoms with Gasteiger partial charge in [-0.3, -0.25) is 9.78 Å². The van der Waals surface area contributed by atoms with Crippen molar-refractivity contribution in [3.63, 3.8) is 0 Å². The molecule has 1 saturated heterocycles. The summed E-state index contributed by atoms with van der Waals surface area (Å²) in [6, 6.07) is 3.83. The minimum Gasteiger partial charge on any atom is -0.354 e. The standard InChI is InChI=1S/C16H19N5O/c1-11-12(2)19-15(13-4-3-6-17-10-13)20-16(11)21-8-5-14(22)18-7-9-21/h3-4,6,10H,5,7-9H2,1-2H3,(H,18,22). The van der Waals surface area contributed by atoms with Gasteiger partial charge in [0.05, 0.1) is 0 Å². The van der Waals surface area contributed by atoms with E-state index >= 15 is 0 Å². The molecule has 1 N–H and O–H groups in total. The highest BCUT2D eigenvalue weighted by Crippen LogP contribution is 2.24. The van der Waals surface area contributed by atoms with E-state index in [0.717, 1.165) is 29.2 Å². The Morgan fingerprint density at radius 1 is 1.23 bits per heavy atom. The highest BCUT2D eigenvalue weighted by molar-refractivity contribution is 5.77. The number of nitrogens with one attached hydrogen (secondary N) is 1. The van der Waals surface area contributed by atoms with Crippen molar-refractivity contribution in [1.29, 1.82) is 0 Å². The number of anilines is 1. The van der Waals surface area contributed by atoms with Gasteiger partial charge in [0.15, 0.2) is 5.82 Å². The SMILES string of the molecule is Cc1nc(-c2cccnc2)nc(N2CCNC(=O)CC2)c1C. The number of amides is 1. The molecule has 6 nitrogen and oxygen atoms in total. The van der Waals surface area contributed by atoms with Gasteiger partial charge < -0.3 is 10.2 Å². The number of pyridine rings is 1. The van der Waals surface area contributed by atoms with Crippen LogP contribution in [0.1, 0.15) is 17.7 Å². The van der Waals surface area contributed by atoms with Crippen molar-refractivity contribution >= 4 is 11.7 Å². The van der Waals surface area contributed by atoms with Crippen LogP contribution in [-0.2, 0) is 4.79 Å². The van der Waals surface area contributed by atoms with E-state index in [1.807, 2.05) is 26.0 Å². The number of aryl methyl sites for hydroxylation is 1. The maximum Gasteiger partial charge on any atom is 0.221 e. The van der Waals surface area contributed by atoms with Gasteiger partial charge in [-0.05, 0) is 26.0 Å². The minimum absolute atomic E-state index is 0.0958. The normalized spacial score (nSPS) is 15.4. The first-order valence-electron chi connectivity index (χ1n) is 7.42. The molecular weight excluding hydrogens is 278 g/mol. The van der Waals surface area contributed by atoms with Crippen LogP contribution in [0.15, 0.2) is 24.5 Å². The van der Waals surface area contributed by atoms with E-state index in [-0.39, 0.29) is 5.91 Å². The van der Waals surface area contributed by atoms with Gasteiger partial charge in [-0.15, -0.1) is 0 Å². The van der Waals surface area contributed by atoms with E-state index in [1.165, 1.54) is 0 Å². The molecule has 22 heavy (non-hydrogen) atoms. The van der Waals surface area contributed by atoms with Crippen LogP contribution < -0.4 is 10.2 Å². The van der Waals surface area contributed by atoms with E-state index in [0.29, 0.717) is 25.3 Å². The summed E-state index contributed by atoms with van der Waals surface area (Å²) in [7, 11) is 0. The first-order chi connectivity index (χ1) is 10.6. The summed E-state index contributed by atoms with van der Waals surface area (Å²) in [6.45, 7) is 6.09. The number of nitrogens with zero attached hydrogens (tertiary/aromatic N) is 4. The molecule has 1 fully saturated rings. The lowest BCUT2D eigenvalue weighted by Gasteiger charge is -2.23. The highest BCUT2D eigenvalue weighted by atomic mass is 16.1. The Morgan fingerprint density at radius 2 is 2.09 bits per heavy atom. The molecule has 1 aliphatic rings. The third kappa shape index (κ3) is 2.90. The Hall–Kier alpha value is -2.50. The lowest BCUT2D eigenvalue weighted by atomic mass is 10.2. The van der Waals surface area contributed by atoms with Crippen molar-refractivity contribution in [1.82, 2.24) is 20.3 Å². The fourth-order valence-electron chi connectivity index (χ4n) is 2.52. The maximum absolute atomic E-state index is 11.5. The number of aromatic nitrogens is 3. The van der Waals surface area contributed by atoms with Crippen LogP contribution in [-0.4, -0.2) is 40.5 Å². The predicted molar refractivity (Wildman–Crippen MR) is 84.6 cm³/mol. The zero-order chi connectivity index (χ0) is 15.5. The lowest BCUT2D eigenvalue weighted by molar-refractivity contribution is -0.120. The van der Waals surface area contributed by atoms with Gasteiger partial charge in [0.1, 0.15) is 5.82 Å². The van der Waals surface area contributed by atoms with E-state index < -0.39 is 0 Å². The molecule has 0 saturated carbocycles. The molecule has 2 aromatic heterocycles. The second kappa shape index (κ2) is 6.09. The molecule has 0 spiro atoms. The van der Waals surface area contributed by atoms with Gasteiger partial charge in [0.25, 0.3) is 0 Å². The Balaban J connectivity index is 2.00. The molecule has 3 heterocycles. The largest absolute Gasteiger partial charge is 0.354 e. The molecule has 0 atom stereocenters. The van der Waals surface area contributed by atoms with Crippen molar-refractivity contribution < 1.29 is 4.79 Å². The lowest BCUT2D eigenvalue weighted by Crippen LogP contribution is -2.30. The molecule has 0 bridgehead atoms. The molecule has 0 aliphatic carbocycles. The second-order valence-corrected chi connectivity index (χ2v) is 5.41. The van der Waals surface area contributed by atoms with Crippen molar-refractivity contribution in [3.8, 4) is 11.4 Å². The van der Waals surface area contributed by atoms with E-state index in [4.69, 9.17) is 4.98 Å².